The number of nitrogens with two attached hydrogens (primary N) is 2. The van der Waals surface area contributed by atoms with E-state index in [0.717, 1.165) is 0 Å². The molecule has 0 saturated carbocycles. The summed E-state index contributed by atoms with van der Waals surface area (Å²) in [5.74, 6) is -4.98. The summed E-state index contributed by atoms with van der Waals surface area (Å²) in [5, 5.41) is 25.6. The zero-order valence-electron chi connectivity index (χ0n) is 19.1. The molecular formula is C20H37N5O7. The molecule has 0 aromatic rings. The summed E-state index contributed by atoms with van der Waals surface area (Å²) >= 11 is 0. The number of hydrogen-bond acceptors (Lipinski definition) is 7. The normalized spacial score (nSPS) is 14.2. The van der Waals surface area contributed by atoms with E-state index in [2.05, 4.69) is 16.0 Å². The fourth-order valence-electron chi connectivity index (χ4n) is 2.73. The van der Waals surface area contributed by atoms with Gasteiger partial charge in [-0.3, -0.25) is 19.2 Å². The second kappa shape index (κ2) is 13.6. The summed E-state index contributed by atoms with van der Waals surface area (Å²) in [4.78, 5) is 60.3. The Labute approximate surface area is 187 Å². The van der Waals surface area contributed by atoms with Crippen molar-refractivity contribution in [1.82, 2.24) is 16.0 Å². The first-order chi connectivity index (χ1) is 14.7. The third kappa shape index (κ3) is 11.6. The highest BCUT2D eigenvalue weighted by Crippen LogP contribution is 2.09. The topological polar surface area (TPSA) is 214 Å². The average Bonchev–Trinajstić information content (AvgIpc) is 2.64. The number of amides is 3. The molecule has 184 valence electrons. The molecule has 12 heteroatoms. The molecule has 0 bridgehead atoms. The van der Waals surface area contributed by atoms with Crippen LogP contribution >= 0.6 is 0 Å². The van der Waals surface area contributed by atoms with Crippen molar-refractivity contribution < 1.29 is 34.2 Å². The lowest BCUT2D eigenvalue weighted by Gasteiger charge is -2.27. The SMILES string of the molecule is CC(C)C[C@H](NC(=O)C(C)(C)N)C(=O)N[C@@H](CC(=O)O)C(=O)N[C@@H](CCCCN)C(=O)O. The minimum atomic E-state index is -1.53. The molecule has 0 fully saturated rings. The van der Waals surface area contributed by atoms with Gasteiger partial charge in [-0.1, -0.05) is 13.8 Å². The highest BCUT2D eigenvalue weighted by Gasteiger charge is 2.33. The molecule has 0 saturated heterocycles. The van der Waals surface area contributed by atoms with Crippen molar-refractivity contribution in [2.75, 3.05) is 6.54 Å². The molecule has 3 atom stereocenters. The van der Waals surface area contributed by atoms with Crippen molar-refractivity contribution in [1.29, 1.82) is 0 Å². The van der Waals surface area contributed by atoms with Crippen molar-refractivity contribution in [3.63, 3.8) is 0 Å². The summed E-state index contributed by atoms with van der Waals surface area (Å²) in [5.41, 5.74) is 9.89. The van der Waals surface area contributed by atoms with Crippen LogP contribution in [0.1, 0.15) is 59.8 Å². The molecule has 0 aliphatic carbocycles. The van der Waals surface area contributed by atoms with Crippen LogP contribution in [0.5, 0.6) is 0 Å². The average molecular weight is 460 g/mol. The minimum Gasteiger partial charge on any atom is -0.481 e. The van der Waals surface area contributed by atoms with Crippen LogP contribution in [0.15, 0.2) is 0 Å². The second-order valence-corrected chi connectivity index (χ2v) is 8.72. The molecule has 0 aromatic carbocycles. The van der Waals surface area contributed by atoms with Crippen LogP contribution in [0.25, 0.3) is 0 Å². The number of unbranched alkanes of at least 4 members (excludes halogenated alkanes) is 1. The Morgan fingerprint density at radius 3 is 1.84 bits per heavy atom. The Morgan fingerprint density at radius 2 is 1.41 bits per heavy atom. The Kier molecular flexibility index (Phi) is 12.5. The summed E-state index contributed by atoms with van der Waals surface area (Å²) in [6.45, 7) is 6.93. The molecule has 9 N–H and O–H groups in total. The number of carbonyl (C=O) groups is 5. The van der Waals surface area contributed by atoms with E-state index < -0.39 is 59.7 Å². The minimum absolute atomic E-state index is 0.0161. The number of carboxylic acids is 2. The van der Waals surface area contributed by atoms with Crippen molar-refractivity contribution in [2.24, 2.45) is 17.4 Å². The molecule has 12 nitrogen and oxygen atoms in total. The van der Waals surface area contributed by atoms with Gasteiger partial charge in [0.2, 0.25) is 17.7 Å². The monoisotopic (exact) mass is 459 g/mol. The van der Waals surface area contributed by atoms with Crippen LogP contribution in [0.2, 0.25) is 0 Å². The van der Waals surface area contributed by atoms with Gasteiger partial charge in [-0.05, 0) is 52.0 Å². The molecule has 0 radical (unpaired) electrons. The van der Waals surface area contributed by atoms with Gasteiger partial charge in [-0.25, -0.2) is 4.79 Å². The molecule has 0 rings (SSSR count). The highest BCUT2D eigenvalue weighted by atomic mass is 16.4. The number of carbonyl (C=O) groups excluding carboxylic acids is 3. The first-order valence-corrected chi connectivity index (χ1v) is 10.5. The molecule has 0 unspecified atom stereocenters. The van der Waals surface area contributed by atoms with Crippen LogP contribution in [-0.2, 0) is 24.0 Å². The molecule has 0 aliphatic rings. The van der Waals surface area contributed by atoms with E-state index in [4.69, 9.17) is 16.6 Å². The van der Waals surface area contributed by atoms with Gasteiger partial charge in [-0.2, -0.15) is 0 Å². The van der Waals surface area contributed by atoms with E-state index in [1.165, 1.54) is 13.8 Å². The lowest BCUT2D eigenvalue weighted by Crippen LogP contribution is -2.59. The van der Waals surface area contributed by atoms with Gasteiger partial charge < -0.3 is 37.6 Å². The van der Waals surface area contributed by atoms with Crippen molar-refractivity contribution >= 4 is 29.7 Å². The van der Waals surface area contributed by atoms with Gasteiger partial charge in [0, 0.05) is 0 Å². The second-order valence-electron chi connectivity index (χ2n) is 8.72. The fourth-order valence-corrected chi connectivity index (χ4v) is 2.73. The molecule has 0 spiro atoms. The van der Waals surface area contributed by atoms with Gasteiger partial charge >= 0.3 is 11.9 Å². The molecular weight excluding hydrogens is 422 g/mol. The zero-order valence-corrected chi connectivity index (χ0v) is 19.1. The molecule has 32 heavy (non-hydrogen) atoms. The van der Waals surface area contributed by atoms with Crippen LogP contribution in [-0.4, -0.2) is 70.1 Å². The number of hydrogen-bond donors (Lipinski definition) is 7. The summed E-state index contributed by atoms with van der Waals surface area (Å²) in [6.07, 6.45) is 0.553. The molecule has 0 aliphatic heterocycles. The first-order valence-electron chi connectivity index (χ1n) is 10.5. The third-order valence-electron chi connectivity index (χ3n) is 4.49. The van der Waals surface area contributed by atoms with Gasteiger partial charge in [0.25, 0.3) is 0 Å². The van der Waals surface area contributed by atoms with E-state index >= 15 is 0 Å². The quantitative estimate of drug-likeness (QED) is 0.148. The molecule has 0 heterocycles. The highest BCUT2D eigenvalue weighted by molar-refractivity contribution is 5.96. The Morgan fingerprint density at radius 1 is 0.875 bits per heavy atom. The van der Waals surface area contributed by atoms with E-state index in [0.29, 0.717) is 19.4 Å². The lowest BCUT2D eigenvalue weighted by atomic mass is 10.00. The summed E-state index contributed by atoms with van der Waals surface area (Å²) in [6, 6.07) is -3.85. The predicted octanol–water partition coefficient (Wildman–Crippen LogP) is -1.09. The maximum atomic E-state index is 12.8. The lowest BCUT2D eigenvalue weighted by molar-refractivity contribution is -0.144. The van der Waals surface area contributed by atoms with E-state index in [1.807, 2.05) is 13.8 Å². The van der Waals surface area contributed by atoms with Crippen LogP contribution in [0, 0.1) is 5.92 Å². The maximum absolute atomic E-state index is 12.8. The van der Waals surface area contributed by atoms with Gasteiger partial charge in [-0.15, -0.1) is 0 Å². The van der Waals surface area contributed by atoms with Crippen molar-refractivity contribution in [3.8, 4) is 0 Å². The zero-order chi connectivity index (χ0) is 25.1. The Hall–Kier alpha value is -2.73. The number of rotatable bonds is 15. The first kappa shape index (κ1) is 29.3. The van der Waals surface area contributed by atoms with Crippen LogP contribution in [0.3, 0.4) is 0 Å². The smallest absolute Gasteiger partial charge is 0.326 e. The molecule has 0 aromatic heterocycles. The largest absolute Gasteiger partial charge is 0.481 e. The third-order valence-corrected chi connectivity index (χ3v) is 4.49. The fraction of sp³-hybridized carbons (Fsp3) is 0.750. The van der Waals surface area contributed by atoms with Gasteiger partial charge in [0.15, 0.2) is 0 Å². The van der Waals surface area contributed by atoms with Crippen LogP contribution in [0.4, 0.5) is 0 Å². The Balaban J connectivity index is 5.47. The van der Waals surface area contributed by atoms with Crippen LogP contribution < -0.4 is 27.4 Å². The predicted molar refractivity (Wildman–Crippen MR) is 116 cm³/mol. The number of carboxylic acid groups (broad SMARTS) is 2. The molecule has 3 amide bonds. The van der Waals surface area contributed by atoms with E-state index in [9.17, 15) is 29.1 Å². The summed E-state index contributed by atoms with van der Waals surface area (Å²) < 4.78 is 0. The summed E-state index contributed by atoms with van der Waals surface area (Å²) in [7, 11) is 0. The number of nitrogens with one attached hydrogen (secondary N) is 3. The van der Waals surface area contributed by atoms with Crippen molar-refractivity contribution in [2.45, 2.75) is 83.5 Å². The van der Waals surface area contributed by atoms with Gasteiger partial charge in [0.1, 0.15) is 18.1 Å². The van der Waals surface area contributed by atoms with Gasteiger partial charge in [0.05, 0.1) is 12.0 Å². The van der Waals surface area contributed by atoms with E-state index in [-0.39, 0.29) is 18.8 Å². The maximum Gasteiger partial charge on any atom is 0.326 e. The standard InChI is InChI=1S/C20H37N5O7/c1-11(2)9-13(25-19(32)20(3,4)22)16(28)24-14(10-15(26)27)17(29)23-12(18(30)31)7-5-6-8-21/h11-14H,5-10,21-22H2,1-4H3,(H,23,29)(H,24,28)(H,25,32)(H,26,27)(H,30,31)/t12-,13-,14-/m0/s1. The van der Waals surface area contributed by atoms with Crippen molar-refractivity contribution in [3.05, 3.63) is 0 Å². The van der Waals surface area contributed by atoms with E-state index in [1.54, 1.807) is 0 Å². The number of aliphatic carboxylic acids is 2. The Bertz CT molecular complexity index is 676.